The molecule has 0 saturated carbocycles. The standard InChI is InChI=1S/C11H14AsO3/c1-3-6-12-10-7-8(15-2)4-5-9(10)11(13)14/h4-5,7H,3,6H2,1-2H3,(H,13,14). The van der Waals surface area contributed by atoms with Crippen molar-refractivity contribution in [3.63, 3.8) is 0 Å². The fourth-order valence-electron chi connectivity index (χ4n) is 1.18. The summed E-state index contributed by atoms with van der Waals surface area (Å²) in [6.45, 7) is 2.11. The molecule has 1 rings (SSSR count). The summed E-state index contributed by atoms with van der Waals surface area (Å²) in [5.41, 5.74) is 0.421. The van der Waals surface area contributed by atoms with Crippen molar-refractivity contribution in [2.45, 2.75) is 18.6 Å². The molecule has 0 aromatic heterocycles. The maximum atomic E-state index is 11.0. The fourth-order valence-corrected chi connectivity index (χ4v) is 3.33. The van der Waals surface area contributed by atoms with Gasteiger partial charge in [-0.15, -0.1) is 0 Å². The minimum atomic E-state index is -0.848. The second-order valence-corrected chi connectivity index (χ2v) is 5.68. The third kappa shape index (κ3) is 3.28. The van der Waals surface area contributed by atoms with Crippen LogP contribution in [0.15, 0.2) is 18.2 Å². The Morgan fingerprint density at radius 2 is 2.27 bits per heavy atom. The first-order chi connectivity index (χ1) is 7.19. The monoisotopic (exact) mass is 269 g/mol. The average Bonchev–Trinajstić information content (AvgIpc) is 2.25. The van der Waals surface area contributed by atoms with Gasteiger partial charge in [0.2, 0.25) is 0 Å². The summed E-state index contributed by atoms with van der Waals surface area (Å²) >= 11 is -0.0646. The summed E-state index contributed by atoms with van der Waals surface area (Å²) in [6, 6.07) is 5.17. The quantitative estimate of drug-likeness (QED) is 0.825. The van der Waals surface area contributed by atoms with Crippen molar-refractivity contribution in [2.75, 3.05) is 7.11 Å². The van der Waals surface area contributed by atoms with E-state index >= 15 is 0 Å². The molecule has 0 atom stereocenters. The van der Waals surface area contributed by atoms with Crippen molar-refractivity contribution in [1.29, 1.82) is 0 Å². The molecule has 0 bridgehead atoms. The molecule has 0 heterocycles. The van der Waals surface area contributed by atoms with Crippen LogP contribution in [0.2, 0.25) is 5.21 Å². The first-order valence-electron chi connectivity index (χ1n) is 4.78. The van der Waals surface area contributed by atoms with E-state index in [2.05, 4.69) is 6.92 Å². The molecular formula is C11H14AsO3. The first-order valence-corrected chi connectivity index (χ1v) is 7.04. The van der Waals surface area contributed by atoms with Crippen LogP contribution in [0, 0.1) is 0 Å². The molecule has 3 nitrogen and oxygen atoms in total. The molecule has 81 valence electrons. The second-order valence-electron chi connectivity index (χ2n) is 3.07. The molecule has 0 aliphatic carbocycles. The minimum absolute atomic E-state index is 0.0646. The number of benzene rings is 1. The number of carboxylic acid groups (broad SMARTS) is 1. The molecule has 0 unspecified atom stereocenters. The van der Waals surface area contributed by atoms with E-state index in [4.69, 9.17) is 9.84 Å². The van der Waals surface area contributed by atoms with Crippen LogP contribution < -0.4 is 9.09 Å². The summed E-state index contributed by atoms with van der Waals surface area (Å²) in [5.74, 6) is -0.111. The second kappa shape index (κ2) is 5.81. The van der Waals surface area contributed by atoms with Crippen LogP contribution in [0.1, 0.15) is 23.7 Å². The number of hydrogen-bond acceptors (Lipinski definition) is 2. The SMILES string of the molecule is CCC[As]c1cc(OC)ccc1C(=O)O. The van der Waals surface area contributed by atoms with Crippen LogP contribution >= 0.6 is 0 Å². The zero-order valence-corrected chi connectivity index (χ0v) is 10.7. The molecule has 1 aromatic carbocycles. The molecule has 0 saturated heterocycles. The van der Waals surface area contributed by atoms with Gasteiger partial charge < -0.3 is 0 Å². The van der Waals surface area contributed by atoms with Crippen LogP contribution in [0.3, 0.4) is 0 Å². The molecule has 15 heavy (non-hydrogen) atoms. The van der Waals surface area contributed by atoms with Gasteiger partial charge in [-0.25, -0.2) is 0 Å². The third-order valence-electron chi connectivity index (χ3n) is 1.94. The maximum absolute atomic E-state index is 11.0. The Balaban J connectivity index is 2.99. The van der Waals surface area contributed by atoms with E-state index in [1.54, 1.807) is 19.2 Å². The van der Waals surface area contributed by atoms with Crippen LogP contribution in [0.5, 0.6) is 5.75 Å². The van der Waals surface area contributed by atoms with Crippen molar-refractivity contribution in [3.05, 3.63) is 23.8 Å². The van der Waals surface area contributed by atoms with Crippen LogP contribution in [0.25, 0.3) is 0 Å². The van der Waals surface area contributed by atoms with Gasteiger partial charge in [0, 0.05) is 0 Å². The van der Waals surface area contributed by atoms with E-state index in [-0.39, 0.29) is 15.8 Å². The Morgan fingerprint density at radius 3 is 2.80 bits per heavy atom. The van der Waals surface area contributed by atoms with E-state index in [1.165, 1.54) is 0 Å². The number of ether oxygens (including phenoxy) is 1. The number of carboxylic acids is 1. The molecule has 1 radical (unpaired) electrons. The first kappa shape index (κ1) is 12.1. The molecule has 1 N–H and O–H groups in total. The van der Waals surface area contributed by atoms with Crippen molar-refractivity contribution in [1.82, 2.24) is 0 Å². The Morgan fingerprint density at radius 1 is 1.53 bits per heavy atom. The van der Waals surface area contributed by atoms with Gasteiger partial charge in [0.25, 0.3) is 0 Å². The summed E-state index contributed by atoms with van der Waals surface area (Å²) in [6.07, 6.45) is 1.09. The zero-order chi connectivity index (χ0) is 11.3. The molecule has 0 aliphatic heterocycles. The molecule has 0 spiro atoms. The van der Waals surface area contributed by atoms with Crippen molar-refractivity contribution >= 4 is 26.1 Å². The predicted octanol–water partition coefficient (Wildman–Crippen LogP) is 1.55. The van der Waals surface area contributed by atoms with Crippen LogP contribution in [-0.2, 0) is 0 Å². The van der Waals surface area contributed by atoms with Gasteiger partial charge in [-0.3, -0.25) is 0 Å². The number of hydrogen-bond donors (Lipinski definition) is 1. The van der Waals surface area contributed by atoms with Gasteiger partial charge in [-0.2, -0.15) is 0 Å². The molecule has 0 fully saturated rings. The normalized spacial score (nSPS) is 10.8. The molecule has 0 aliphatic rings. The predicted molar refractivity (Wildman–Crippen MR) is 60.4 cm³/mol. The van der Waals surface area contributed by atoms with E-state index in [9.17, 15) is 4.79 Å². The zero-order valence-electron chi connectivity index (χ0n) is 8.86. The number of carbonyl (C=O) groups is 1. The van der Waals surface area contributed by atoms with Gasteiger partial charge >= 0.3 is 95.9 Å². The van der Waals surface area contributed by atoms with E-state index in [1.807, 2.05) is 6.07 Å². The van der Waals surface area contributed by atoms with Crippen LogP contribution in [0.4, 0.5) is 0 Å². The molecule has 1 aromatic rings. The molecular weight excluding hydrogens is 255 g/mol. The Hall–Kier alpha value is -0.952. The van der Waals surface area contributed by atoms with Gasteiger partial charge in [0.05, 0.1) is 0 Å². The molecule has 4 heteroatoms. The van der Waals surface area contributed by atoms with Gasteiger partial charge in [0.1, 0.15) is 0 Å². The van der Waals surface area contributed by atoms with Crippen molar-refractivity contribution in [2.24, 2.45) is 0 Å². The number of methoxy groups -OCH3 is 1. The van der Waals surface area contributed by atoms with Gasteiger partial charge in [-0.05, 0) is 0 Å². The summed E-state index contributed by atoms with van der Waals surface area (Å²) in [5, 5.41) is 10.1. The van der Waals surface area contributed by atoms with E-state index in [0.717, 1.165) is 21.7 Å². The Bertz CT molecular complexity index is 350. The van der Waals surface area contributed by atoms with E-state index in [0.29, 0.717) is 5.56 Å². The van der Waals surface area contributed by atoms with Gasteiger partial charge in [0.15, 0.2) is 0 Å². The van der Waals surface area contributed by atoms with Crippen LogP contribution in [-0.4, -0.2) is 33.9 Å². The average molecular weight is 269 g/mol. The summed E-state index contributed by atoms with van der Waals surface area (Å²) in [4.78, 5) is 11.0. The summed E-state index contributed by atoms with van der Waals surface area (Å²) < 4.78 is 6.04. The molecule has 0 amide bonds. The summed E-state index contributed by atoms with van der Waals surface area (Å²) in [7, 11) is 1.59. The Kier molecular flexibility index (Phi) is 4.70. The van der Waals surface area contributed by atoms with E-state index < -0.39 is 5.97 Å². The number of rotatable bonds is 5. The van der Waals surface area contributed by atoms with Crippen molar-refractivity contribution in [3.8, 4) is 5.75 Å². The number of aromatic carboxylic acids is 1. The Labute approximate surface area is 96.1 Å². The van der Waals surface area contributed by atoms with Gasteiger partial charge in [-0.1, -0.05) is 0 Å². The third-order valence-corrected chi connectivity index (χ3v) is 4.84. The topological polar surface area (TPSA) is 46.5 Å². The fraction of sp³-hybridized carbons (Fsp3) is 0.364. The van der Waals surface area contributed by atoms with Crippen molar-refractivity contribution < 1.29 is 14.6 Å².